The number of methoxy groups -OCH3 is 1. The SMILES string of the molecule is COCCNCc1ccc(N2CCCCC2C)cc1C. The van der Waals surface area contributed by atoms with Gasteiger partial charge in [0.05, 0.1) is 6.61 Å². The molecule has 0 amide bonds. The lowest BCUT2D eigenvalue weighted by Crippen LogP contribution is -2.37. The average molecular weight is 276 g/mol. The Hall–Kier alpha value is -1.06. The number of benzene rings is 1. The Labute approximate surface area is 123 Å². The summed E-state index contributed by atoms with van der Waals surface area (Å²) in [6.45, 7) is 8.35. The van der Waals surface area contributed by atoms with Crippen molar-refractivity contribution in [1.29, 1.82) is 0 Å². The zero-order chi connectivity index (χ0) is 14.4. The molecule has 1 aromatic carbocycles. The fraction of sp³-hybridized carbons (Fsp3) is 0.647. The van der Waals surface area contributed by atoms with E-state index in [9.17, 15) is 0 Å². The summed E-state index contributed by atoms with van der Waals surface area (Å²) in [4.78, 5) is 2.55. The fourth-order valence-electron chi connectivity index (χ4n) is 2.94. The molecule has 0 spiro atoms. The van der Waals surface area contributed by atoms with E-state index in [1.54, 1.807) is 7.11 Å². The highest BCUT2D eigenvalue weighted by Gasteiger charge is 2.18. The Morgan fingerprint density at radius 2 is 2.20 bits per heavy atom. The van der Waals surface area contributed by atoms with E-state index in [0.717, 1.165) is 19.7 Å². The van der Waals surface area contributed by atoms with Crippen molar-refractivity contribution in [3.05, 3.63) is 29.3 Å². The van der Waals surface area contributed by atoms with E-state index < -0.39 is 0 Å². The molecule has 1 aliphatic heterocycles. The van der Waals surface area contributed by atoms with Crippen LogP contribution in [0.5, 0.6) is 0 Å². The van der Waals surface area contributed by atoms with E-state index in [1.807, 2.05) is 0 Å². The van der Waals surface area contributed by atoms with Crippen molar-refractivity contribution >= 4 is 5.69 Å². The molecule has 1 fully saturated rings. The molecule has 1 atom stereocenters. The summed E-state index contributed by atoms with van der Waals surface area (Å²) in [7, 11) is 1.74. The molecule has 1 aliphatic rings. The molecule has 0 aliphatic carbocycles. The van der Waals surface area contributed by atoms with E-state index in [4.69, 9.17) is 4.74 Å². The van der Waals surface area contributed by atoms with Crippen LogP contribution < -0.4 is 10.2 Å². The van der Waals surface area contributed by atoms with Gasteiger partial charge in [0.1, 0.15) is 0 Å². The summed E-state index contributed by atoms with van der Waals surface area (Å²) >= 11 is 0. The molecule has 3 heteroatoms. The second-order valence-electron chi connectivity index (χ2n) is 5.82. The second-order valence-corrected chi connectivity index (χ2v) is 5.82. The molecular formula is C17H28N2O. The maximum absolute atomic E-state index is 5.05. The molecule has 0 saturated carbocycles. The third-order valence-electron chi connectivity index (χ3n) is 4.26. The van der Waals surface area contributed by atoms with Gasteiger partial charge in [-0.25, -0.2) is 0 Å². The van der Waals surface area contributed by atoms with Crippen LogP contribution in [0.1, 0.15) is 37.3 Å². The molecule has 0 aromatic heterocycles. The van der Waals surface area contributed by atoms with E-state index >= 15 is 0 Å². The van der Waals surface area contributed by atoms with Gasteiger partial charge in [0.2, 0.25) is 0 Å². The summed E-state index contributed by atoms with van der Waals surface area (Å²) in [6.07, 6.45) is 4.02. The zero-order valence-corrected chi connectivity index (χ0v) is 13.1. The van der Waals surface area contributed by atoms with Crippen molar-refractivity contribution in [3.63, 3.8) is 0 Å². The van der Waals surface area contributed by atoms with Crippen LogP contribution in [-0.4, -0.2) is 32.8 Å². The van der Waals surface area contributed by atoms with Gasteiger partial charge in [0.25, 0.3) is 0 Å². The van der Waals surface area contributed by atoms with E-state index in [1.165, 1.54) is 42.6 Å². The number of ether oxygens (including phenoxy) is 1. The number of hydrogen-bond donors (Lipinski definition) is 1. The Balaban J connectivity index is 1.97. The molecular weight excluding hydrogens is 248 g/mol. The number of piperidine rings is 1. The Morgan fingerprint density at radius 3 is 2.90 bits per heavy atom. The lowest BCUT2D eigenvalue weighted by Gasteiger charge is -2.35. The van der Waals surface area contributed by atoms with Crippen LogP contribution in [0.15, 0.2) is 18.2 Å². The van der Waals surface area contributed by atoms with Crippen LogP contribution in [0.3, 0.4) is 0 Å². The third kappa shape index (κ3) is 3.97. The monoisotopic (exact) mass is 276 g/mol. The molecule has 1 N–H and O–H groups in total. The average Bonchev–Trinajstić information content (AvgIpc) is 2.45. The van der Waals surface area contributed by atoms with Gasteiger partial charge in [-0.05, 0) is 56.4 Å². The lowest BCUT2D eigenvalue weighted by atomic mass is 10.0. The van der Waals surface area contributed by atoms with Crippen LogP contribution in [0.2, 0.25) is 0 Å². The highest BCUT2D eigenvalue weighted by Crippen LogP contribution is 2.26. The first-order valence-electron chi connectivity index (χ1n) is 7.78. The first-order chi connectivity index (χ1) is 9.72. The van der Waals surface area contributed by atoms with Crippen molar-refractivity contribution in [2.45, 2.75) is 45.7 Å². The van der Waals surface area contributed by atoms with Gasteiger partial charge in [0, 0.05) is 38.5 Å². The van der Waals surface area contributed by atoms with Crippen molar-refractivity contribution in [1.82, 2.24) is 5.32 Å². The standard InChI is InChI=1S/C17H28N2O/c1-14-12-17(19-10-5-4-6-15(19)2)8-7-16(14)13-18-9-11-20-3/h7-8,12,15,18H,4-6,9-11,13H2,1-3H3. The van der Waals surface area contributed by atoms with Crippen LogP contribution in [-0.2, 0) is 11.3 Å². The fourth-order valence-corrected chi connectivity index (χ4v) is 2.94. The molecule has 3 nitrogen and oxygen atoms in total. The van der Waals surface area contributed by atoms with E-state index in [-0.39, 0.29) is 0 Å². The predicted molar refractivity (Wildman–Crippen MR) is 85.4 cm³/mol. The van der Waals surface area contributed by atoms with Gasteiger partial charge in [-0.15, -0.1) is 0 Å². The molecule has 20 heavy (non-hydrogen) atoms. The Bertz CT molecular complexity index is 419. The third-order valence-corrected chi connectivity index (χ3v) is 4.26. The van der Waals surface area contributed by atoms with Gasteiger partial charge < -0.3 is 15.0 Å². The zero-order valence-electron chi connectivity index (χ0n) is 13.1. The maximum Gasteiger partial charge on any atom is 0.0587 e. The summed E-state index contributed by atoms with van der Waals surface area (Å²) in [5, 5.41) is 3.41. The molecule has 0 bridgehead atoms. The minimum atomic E-state index is 0.675. The number of hydrogen-bond acceptors (Lipinski definition) is 3. The molecule has 112 valence electrons. The van der Waals surface area contributed by atoms with Gasteiger partial charge in [-0.3, -0.25) is 0 Å². The van der Waals surface area contributed by atoms with E-state index in [2.05, 4.69) is 42.3 Å². The number of aryl methyl sites for hydroxylation is 1. The van der Waals surface area contributed by atoms with Crippen molar-refractivity contribution in [2.75, 3.05) is 31.7 Å². The van der Waals surface area contributed by atoms with Crippen LogP contribution in [0.25, 0.3) is 0 Å². The highest BCUT2D eigenvalue weighted by atomic mass is 16.5. The molecule has 1 unspecified atom stereocenters. The normalized spacial score (nSPS) is 19.4. The van der Waals surface area contributed by atoms with Crippen molar-refractivity contribution in [3.8, 4) is 0 Å². The number of nitrogens with one attached hydrogen (secondary N) is 1. The van der Waals surface area contributed by atoms with Crippen molar-refractivity contribution < 1.29 is 4.74 Å². The first-order valence-corrected chi connectivity index (χ1v) is 7.78. The molecule has 0 radical (unpaired) electrons. The quantitative estimate of drug-likeness (QED) is 0.808. The minimum Gasteiger partial charge on any atom is -0.383 e. The summed E-state index contributed by atoms with van der Waals surface area (Å²) in [6, 6.07) is 7.57. The number of nitrogens with zero attached hydrogens (tertiary/aromatic N) is 1. The number of anilines is 1. The van der Waals surface area contributed by atoms with Gasteiger partial charge in [-0.2, -0.15) is 0 Å². The summed E-state index contributed by atoms with van der Waals surface area (Å²) in [5.74, 6) is 0. The van der Waals surface area contributed by atoms with Crippen LogP contribution in [0, 0.1) is 6.92 Å². The predicted octanol–water partition coefficient (Wildman–Crippen LogP) is 3.11. The minimum absolute atomic E-state index is 0.675. The van der Waals surface area contributed by atoms with Gasteiger partial charge >= 0.3 is 0 Å². The first kappa shape index (κ1) is 15.3. The van der Waals surface area contributed by atoms with Crippen molar-refractivity contribution in [2.24, 2.45) is 0 Å². The summed E-state index contributed by atoms with van der Waals surface area (Å²) in [5.41, 5.74) is 4.15. The van der Waals surface area contributed by atoms with Gasteiger partial charge in [0.15, 0.2) is 0 Å². The van der Waals surface area contributed by atoms with Crippen LogP contribution >= 0.6 is 0 Å². The van der Waals surface area contributed by atoms with Crippen LogP contribution in [0.4, 0.5) is 5.69 Å². The second kappa shape index (κ2) is 7.65. The molecule has 1 aromatic rings. The molecule has 2 rings (SSSR count). The lowest BCUT2D eigenvalue weighted by molar-refractivity contribution is 0.199. The maximum atomic E-state index is 5.05. The summed E-state index contributed by atoms with van der Waals surface area (Å²) < 4.78 is 5.05. The highest BCUT2D eigenvalue weighted by molar-refractivity contribution is 5.51. The Kier molecular flexibility index (Phi) is 5.86. The molecule has 1 heterocycles. The topological polar surface area (TPSA) is 24.5 Å². The smallest absolute Gasteiger partial charge is 0.0587 e. The largest absolute Gasteiger partial charge is 0.383 e. The van der Waals surface area contributed by atoms with Gasteiger partial charge in [-0.1, -0.05) is 6.07 Å². The Morgan fingerprint density at radius 1 is 1.35 bits per heavy atom. The molecule has 1 saturated heterocycles. The van der Waals surface area contributed by atoms with E-state index in [0.29, 0.717) is 6.04 Å². The number of rotatable bonds is 6.